The summed E-state index contributed by atoms with van der Waals surface area (Å²) in [6.45, 7) is 2.69. The molecule has 1 aliphatic heterocycles. The predicted molar refractivity (Wildman–Crippen MR) is 51.8 cm³/mol. The Morgan fingerprint density at radius 2 is 2.06 bits per heavy atom. The molecule has 88 valence electrons. The molecule has 0 aliphatic carbocycles. The van der Waals surface area contributed by atoms with Crippen LogP contribution in [0.1, 0.15) is 29.7 Å². The summed E-state index contributed by atoms with van der Waals surface area (Å²) in [6.07, 6.45) is -3.63. The molecular weight excluding hydrogens is 219 g/mol. The zero-order chi connectivity index (χ0) is 11.8. The molecule has 0 bridgehead atoms. The lowest BCUT2D eigenvalue weighted by Crippen LogP contribution is -2.29. The van der Waals surface area contributed by atoms with Crippen LogP contribution in [0.2, 0.25) is 0 Å². The molecule has 1 aromatic heterocycles. The maximum absolute atomic E-state index is 12.8. The Morgan fingerprint density at radius 3 is 2.69 bits per heavy atom. The normalized spacial score (nSPS) is 16.0. The number of nitrogens with one attached hydrogen (secondary N) is 1. The van der Waals surface area contributed by atoms with Gasteiger partial charge in [-0.2, -0.15) is 13.2 Å². The highest BCUT2D eigenvalue weighted by atomic mass is 19.4. The zero-order valence-electron chi connectivity index (χ0n) is 8.86. The Hall–Kier alpha value is -1.17. The van der Waals surface area contributed by atoms with Crippen LogP contribution in [-0.4, -0.2) is 16.5 Å². The lowest BCUT2D eigenvalue weighted by molar-refractivity contribution is -0.142. The van der Waals surface area contributed by atoms with Gasteiger partial charge in [0.2, 0.25) is 0 Å². The molecule has 2 rings (SSSR count). The molecule has 1 N–H and O–H groups in total. The molecule has 0 amide bonds. The Balaban J connectivity index is 2.56. The first-order valence-corrected chi connectivity index (χ1v) is 5.19. The van der Waals surface area contributed by atoms with Gasteiger partial charge in [0.05, 0.1) is 5.69 Å². The van der Waals surface area contributed by atoms with E-state index in [1.807, 2.05) is 0 Å². The van der Waals surface area contributed by atoms with E-state index in [1.165, 1.54) is 0 Å². The average molecular weight is 231 g/mol. The Labute approximate surface area is 91.1 Å². The number of fused-ring (bicyclic) bond motifs is 1. The lowest BCUT2D eigenvalue weighted by atomic mass is 10.0. The summed E-state index contributed by atoms with van der Waals surface area (Å²) in [5.41, 5.74) is -0.00951. The predicted octanol–water partition coefficient (Wildman–Crippen LogP) is 1.70. The van der Waals surface area contributed by atoms with Crippen LogP contribution in [0.4, 0.5) is 13.2 Å². The summed E-state index contributed by atoms with van der Waals surface area (Å²) in [4.78, 5) is 7.74. The van der Waals surface area contributed by atoms with Crippen molar-refractivity contribution in [2.45, 2.75) is 32.5 Å². The number of hydrogen-bond acceptors (Lipinski definition) is 3. The molecule has 0 saturated carbocycles. The molecule has 6 heteroatoms. The van der Waals surface area contributed by atoms with E-state index >= 15 is 0 Å². The highest BCUT2D eigenvalue weighted by Crippen LogP contribution is 2.32. The van der Waals surface area contributed by atoms with Crippen molar-refractivity contribution in [2.75, 3.05) is 6.54 Å². The van der Waals surface area contributed by atoms with E-state index in [1.54, 1.807) is 6.92 Å². The topological polar surface area (TPSA) is 37.8 Å². The number of rotatable bonds is 1. The van der Waals surface area contributed by atoms with E-state index in [2.05, 4.69) is 15.3 Å². The standard InChI is InChI=1S/C10H12F3N3/c1-2-8-15-7-5-14-4-3-6(7)9(16-8)10(11,12)13/h14H,2-5H2,1H3. The smallest absolute Gasteiger partial charge is 0.311 e. The Morgan fingerprint density at radius 1 is 1.31 bits per heavy atom. The number of aryl methyl sites for hydroxylation is 1. The minimum absolute atomic E-state index is 0.253. The van der Waals surface area contributed by atoms with E-state index in [-0.39, 0.29) is 11.4 Å². The number of hydrogen-bond donors (Lipinski definition) is 1. The van der Waals surface area contributed by atoms with Crippen LogP contribution in [0, 0.1) is 0 Å². The van der Waals surface area contributed by atoms with Gasteiger partial charge in [-0.3, -0.25) is 0 Å². The van der Waals surface area contributed by atoms with E-state index < -0.39 is 11.9 Å². The molecule has 0 atom stereocenters. The van der Waals surface area contributed by atoms with Crippen molar-refractivity contribution >= 4 is 0 Å². The highest BCUT2D eigenvalue weighted by Gasteiger charge is 2.37. The third kappa shape index (κ3) is 2.02. The van der Waals surface area contributed by atoms with Crippen molar-refractivity contribution in [3.8, 4) is 0 Å². The van der Waals surface area contributed by atoms with Gasteiger partial charge in [-0.15, -0.1) is 0 Å². The van der Waals surface area contributed by atoms with Gasteiger partial charge in [0.25, 0.3) is 0 Å². The molecule has 3 nitrogen and oxygen atoms in total. The van der Waals surface area contributed by atoms with Gasteiger partial charge in [-0.25, -0.2) is 9.97 Å². The second-order valence-corrected chi connectivity index (χ2v) is 3.69. The van der Waals surface area contributed by atoms with Gasteiger partial charge >= 0.3 is 6.18 Å². The van der Waals surface area contributed by atoms with E-state index in [9.17, 15) is 13.2 Å². The highest BCUT2D eigenvalue weighted by molar-refractivity contribution is 5.30. The molecule has 0 spiro atoms. The summed E-state index contributed by atoms with van der Waals surface area (Å²) in [7, 11) is 0. The van der Waals surface area contributed by atoms with Crippen LogP contribution in [0.3, 0.4) is 0 Å². The third-order valence-corrected chi connectivity index (χ3v) is 2.57. The fourth-order valence-corrected chi connectivity index (χ4v) is 1.80. The summed E-state index contributed by atoms with van der Waals surface area (Å²) in [5, 5.41) is 3.01. The second kappa shape index (κ2) is 4.01. The van der Waals surface area contributed by atoms with Crippen LogP contribution in [0.5, 0.6) is 0 Å². The first kappa shape index (κ1) is 11.3. The monoisotopic (exact) mass is 231 g/mol. The maximum Gasteiger partial charge on any atom is 0.433 e. The van der Waals surface area contributed by atoms with Crippen LogP contribution in [0.25, 0.3) is 0 Å². The van der Waals surface area contributed by atoms with Gasteiger partial charge in [0.1, 0.15) is 5.82 Å². The number of nitrogens with zero attached hydrogens (tertiary/aromatic N) is 2. The van der Waals surface area contributed by atoms with Gasteiger partial charge in [0, 0.05) is 18.5 Å². The van der Waals surface area contributed by atoms with Crippen molar-refractivity contribution in [2.24, 2.45) is 0 Å². The molecule has 1 aliphatic rings. The molecule has 0 unspecified atom stereocenters. The Bertz CT molecular complexity index is 401. The molecule has 0 aromatic carbocycles. The van der Waals surface area contributed by atoms with E-state index in [4.69, 9.17) is 0 Å². The van der Waals surface area contributed by atoms with Gasteiger partial charge in [0.15, 0.2) is 5.69 Å². The lowest BCUT2D eigenvalue weighted by Gasteiger charge is -2.20. The van der Waals surface area contributed by atoms with E-state index in [0.717, 1.165) is 0 Å². The zero-order valence-corrected chi connectivity index (χ0v) is 8.86. The van der Waals surface area contributed by atoms with E-state index in [0.29, 0.717) is 31.6 Å². The minimum Gasteiger partial charge on any atom is -0.311 e. The van der Waals surface area contributed by atoms with Crippen molar-refractivity contribution in [3.63, 3.8) is 0 Å². The fraction of sp³-hybridized carbons (Fsp3) is 0.600. The number of halogens is 3. The first-order chi connectivity index (χ1) is 7.52. The van der Waals surface area contributed by atoms with Gasteiger partial charge in [-0.1, -0.05) is 6.92 Å². The molecule has 0 radical (unpaired) electrons. The quantitative estimate of drug-likeness (QED) is 0.799. The molecule has 1 aromatic rings. The summed E-state index contributed by atoms with van der Waals surface area (Å²) >= 11 is 0. The largest absolute Gasteiger partial charge is 0.433 e. The SMILES string of the molecule is CCc1nc2c(c(C(F)(F)F)n1)CCNC2. The van der Waals surface area contributed by atoms with Gasteiger partial charge in [-0.05, 0) is 13.0 Å². The van der Waals surface area contributed by atoms with Crippen LogP contribution < -0.4 is 5.32 Å². The third-order valence-electron chi connectivity index (χ3n) is 2.57. The molecule has 0 saturated heterocycles. The molecule has 2 heterocycles. The van der Waals surface area contributed by atoms with Crippen LogP contribution >= 0.6 is 0 Å². The molecule has 16 heavy (non-hydrogen) atoms. The first-order valence-electron chi connectivity index (χ1n) is 5.19. The van der Waals surface area contributed by atoms with Crippen LogP contribution in [0.15, 0.2) is 0 Å². The molecule has 0 fully saturated rings. The average Bonchev–Trinajstić information content (AvgIpc) is 2.26. The number of alkyl halides is 3. The summed E-state index contributed by atoms with van der Waals surface area (Å²) < 4.78 is 38.3. The van der Waals surface area contributed by atoms with Crippen molar-refractivity contribution < 1.29 is 13.2 Å². The summed E-state index contributed by atoms with van der Waals surface area (Å²) in [5.74, 6) is 0.259. The maximum atomic E-state index is 12.8. The minimum atomic E-state index is -4.38. The van der Waals surface area contributed by atoms with Gasteiger partial charge < -0.3 is 5.32 Å². The van der Waals surface area contributed by atoms with Crippen molar-refractivity contribution in [1.29, 1.82) is 0 Å². The Kier molecular flexibility index (Phi) is 2.84. The fourth-order valence-electron chi connectivity index (χ4n) is 1.80. The van der Waals surface area contributed by atoms with Crippen molar-refractivity contribution in [3.05, 3.63) is 22.8 Å². The van der Waals surface area contributed by atoms with Crippen LogP contribution in [-0.2, 0) is 25.6 Å². The molecular formula is C10H12F3N3. The second-order valence-electron chi connectivity index (χ2n) is 3.69. The summed E-state index contributed by atoms with van der Waals surface area (Å²) in [6, 6.07) is 0. The number of aromatic nitrogens is 2. The van der Waals surface area contributed by atoms with Crippen molar-refractivity contribution in [1.82, 2.24) is 15.3 Å².